The molecule has 23 heavy (non-hydrogen) atoms. The number of benzene rings is 1. The van der Waals surface area contributed by atoms with E-state index in [1.54, 1.807) is 16.2 Å². The van der Waals surface area contributed by atoms with E-state index in [4.69, 9.17) is 11.6 Å². The summed E-state index contributed by atoms with van der Waals surface area (Å²) in [5.41, 5.74) is 0.0886. The van der Waals surface area contributed by atoms with E-state index >= 15 is 0 Å². The molecular formula is C16H15ClN2O3S. The Morgan fingerprint density at radius 2 is 2.17 bits per heavy atom. The van der Waals surface area contributed by atoms with Crippen LogP contribution in [0.25, 0.3) is 0 Å². The average Bonchev–Trinajstić information content (AvgIpc) is 3.22. The van der Waals surface area contributed by atoms with Crippen molar-refractivity contribution in [3.63, 3.8) is 0 Å². The summed E-state index contributed by atoms with van der Waals surface area (Å²) in [5.74, 6) is -0.224. The zero-order valence-electron chi connectivity index (χ0n) is 12.3. The van der Waals surface area contributed by atoms with Crippen LogP contribution in [0.4, 0.5) is 5.69 Å². The van der Waals surface area contributed by atoms with Crippen molar-refractivity contribution < 1.29 is 9.72 Å². The van der Waals surface area contributed by atoms with Crippen molar-refractivity contribution in [1.82, 2.24) is 4.90 Å². The smallest absolute Gasteiger partial charge is 0.270 e. The highest BCUT2D eigenvalue weighted by Gasteiger charge is 2.34. The second kappa shape index (κ2) is 6.68. The molecule has 120 valence electrons. The predicted octanol–water partition coefficient (Wildman–Crippen LogP) is 4.16. The molecule has 1 saturated carbocycles. The van der Waals surface area contributed by atoms with Crippen molar-refractivity contribution in [2.24, 2.45) is 0 Å². The normalized spacial score (nSPS) is 13.8. The van der Waals surface area contributed by atoms with E-state index in [1.807, 2.05) is 17.5 Å². The van der Waals surface area contributed by atoms with Crippen LogP contribution in [-0.4, -0.2) is 28.3 Å². The summed E-state index contributed by atoms with van der Waals surface area (Å²) in [7, 11) is 0. The standard InChI is InChI=1S/C16H15ClN2O3S/c17-15-6-5-12(19(21)22)10-14(15)16(20)18(11-3-4-11)8-7-13-2-1-9-23-13/h1-2,5-6,9-11H,3-4,7-8H2. The fraction of sp³-hybridized carbons (Fsp3) is 0.312. The average molecular weight is 351 g/mol. The van der Waals surface area contributed by atoms with Crippen LogP contribution in [0.2, 0.25) is 5.02 Å². The van der Waals surface area contributed by atoms with Gasteiger partial charge in [0.05, 0.1) is 15.5 Å². The molecule has 1 aliphatic carbocycles. The van der Waals surface area contributed by atoms with Gasteiger partial charge in [-0.25, -0.2) is 0 Å². The van der Waals surface area contributed by atoms with Crippen molar-refractivity contribution in [2.75, 3.05) is 6.54 Å². The zero-order chi connectivity index (χ0) is 16.4. The number of nitrogens with zero attached hydrogens (tertiary/aromatic N) is 2. The Bertz CT molecular complexity index is 729. The molecular weight excluding hydrogens is 336 g/mol. The van der Waals surface area contributed by atoms with Gasteiger partial charge in [0.1, 0.15) is 0 Å². The van der Waals surface area contributed by atoms with Crippen molar-refractivity contribution >= 4 is 34.5 Å². The van der Waals surface area contributed by atoms with Crippen molar-refractivity contribution in [1.29, 1.82) is 0 Å². The fourth-order valence-corrected chi connectivity index (χ4v) is 3.36. The Kier molecular flexibility index (Phi) is 4.63. The number of hydrogen-bond donors (Lipinski definition) is 0. The van der Waals surface area contributed by atoms with E-state index in [0.717, 1.165) is 19.3 Å². The van der Waals surface area contributed by atoms with Gasteiger partial charge in [-0.15, -0.1) is 11.3 Å². The van der Waals surface area contributed by atoms with E-state index in [1.165, 1.54) is 23.1 Å². The summed E-state index contributed by atoms with van der Waals surface area (Å²) in [6.45, 7) is 0.600. The Morgan fingerprint density at radius 3 is 2.78 bits per heavy atom. The molecule has 3 rings (SSSR count). The number of thiophene rings is 1. The lowest BCUT2D eigenvalue weighted by atomic mass is 10.1. The molecule has 0 spiro atoms. The molecule has 0 bridgehead atoms. The Morgan fingerprint density at radius 1 is 1.39 bits per heavy atom. The third-order valence-electron chi connectivity index (χ3n) is 3.82. The zero-order valence-corrected chi connectivity index (χ0v) is 13.8. The molecule has 0 N–H and O–H groups in total. The summed E-state index contributed by atoms with van der Waals surface area (Å²) in [4.78, 5) is 26.2. The van der Waals surface area contributed by atoms with Crippen LogP contribution in [0, 0.1) is 10.1 Å². The second-order valence-electron chi connectivity index (χ2n) is 5.48. The fourth-order valence-electron chi connectivity index (χ4n) is 2.47. The number of halogens is 1. The highest BCUT2D eigenvalue weighted by Crippen LogP contribution is 2.31. The number of carbonyl (C=O) groups is 1. The van der Waals surface area contributed by atoms with Gasteiger partial charge in [-0.05, 0) is 36.8 Å². The number of carbonyl (C=O) groups excluding carboxylic acids is 1. The highest BCUT2D eigenvalue weighted by molar-refractivity contribution is 7.09. The van der Waals surface area contributed by atoms with E-state index in [9.17, 15) is 14.9 Å². The molecule has 5 nitrogen and oxygen atoms in total. The molecule has 7 heteroatoms. The molecule has 1 aromatic heterocycles. The monoisotopic (exact) mass is 350 g/mol. The molecule has 1 aromatic carbocycles. The lowest BCUT2D eigenvalue weighted by Crippen LogP contribution is -2.35. The molecule has 1 aliphatic rings. The van der Waals surface area contributed by atoms with Crippen molar-refractivity contribution in [3.8, 4) is 0 Å². The van der Waals surface area contributed by atoms with Gasteiger partial charge in [-0.3, -0.25) is 14.9 Å². The van der Waals surface area contributed by atoms with E-state index in [2.05, 4.69) is 0 Å². The van der Waals surface area contributed by atoms with E-state index in [0.29, 0.717) is 6.54 Å². The highest BCUT2D eigenvalue weighted by atomic mass is 35.5. The first-order valence-electron chi connectivity index (χ1n) is 7.33. The third-order valence-corrected chi connectivity index (χ3v) is 5.08. The van der Waals surface area contributed by atoms with Gasteiger partial charge in [0.25, 0.3) is 11.6 Å². The lowest BCUT2D eigenvalue weighted by molar-refractivity contribution is -0.384. The van der Waals surface area contributed by atoms with E-state index in [-0.39, 0.29) is 28.2 Å². The molecule has 2 aromatic rings. The van der Waals surface area contributed by atoms with Gasteiger partial charge >= 0.3 is 0 Å². The first kappa shape index (κ1) is 16.0. The summed E-state index contributed by atoms with van der Waals surface area (Å²) in [6, 6.07) is 8.24. The summed E-state index contributed by atoms with van der Waals surface area (Å²) in [5, 5.41) is 13.2. The summed E-state index contributed by atoms with van der Waals surface area (Å²) >= 11 is 7.76. The van der Waals surface area contributed by atoms with Gasteiger partial charge in [0.15, 0.2) is 0 Å². The maximum atomic E-state index is 12.8. The first-order valence-corrected chi connectivity index (χ1v) is 8.59. The SMILES string of the molecule is O=C(c1cc([N+](=O)[O-])ccc1Cl)N(CCc1cccs1)C1CC1. The van der Waals surface area contributed by atoms with Gasteiger partial charge < -0.3 is 4.90 Å². The Labute approximate surface area is 142 Å². The lowest BCUT2D eigenvalue weighted by Gasteiger charge is -2.22. The van der Waals surface area contributed by atoms with Gasteiger partial charge in [-0.2, -0.15) is 0 Å². The largest absolute Gasteiger partial charge is 0.335 e. The molecule has 1 heterocycles. The molecule has 0 unspecified atom stereocenters. The van der Waals surface area contributed by atoms with Crippen LogP contribution >= 0.6 is 22.9 Å². The Balaban J connectivity index is 1.80. The number of nitro groups is 1. The number of nitro benzene ring substituents is 1. The molecule has 1 amide bonds. The number of hydrogen-bond acceptors (Lipinski definition) is 4. The minimum absolute atomic E-state index is 0.119. The first-order chi connectivity index (χ1) is 11.1. The predicted molar refractivity (Wildman–Crippen MR) is 90.2 cm³/mol. The molecule has 0 radical (unpaired) electrons. The summed E-state index contributed by atoms with van der Waals surface area (Å²) in [6.07, 6.45) is 2.73. The summed E-state index contributed by atoms with van der Waals surface area (Å²) < 4.78 is 0. The Hall–Kier alpha value is -1.92. The van der Waals surface area contributed by atoms with Gasteiger partial charge in [-0.1, -0.05) is 17.7 Å². The van der Waals surface area contributed by atoms with Gasteiger partial charge in [0, 0.05) is 29.6 Å². The molecule has 0 atom stereocenters. The number of non-ortho nitro benzene ring substituents is 1. The maximum Gasteiger partial charge on any atom is 0.270 e. The minimum Gasteiger partial charge on any atom is -0.335 e. The van der Waals surface area contributed by atoms with Gasteiger partial charge in [0.2, 0.25) is 0 Å². The molecule has 0 saturated heterocycles. The van der Waals surface area contributed by atoms with E-state index < -0.39 is 4.92 Å². The van der Waals surface area contributed by atoms with Crippen molar-refractivity contribution in [2.45, 2.75) is 25.3 Å². The van der Waals surface area contributed by atoms with Crippen LogP contribution in [0.5, 0.6) is 0 Å². The van der Waals surface area contributed by atoms with Crippen LogP contribution in [0.15, 0.2) is 35.7 Å². The van der Waals surface area contributed by atoms with Crippen LogP contribution in [0.3, 0.4) is 0 Å². The molecule has 1 fully saturated rings. The second-order valence-corrected chi connectivity index (χ2v) is 6.92. The maximum absolute atomic E-state index is 12.8. The minimum atomic E-state index is -0.514. The van der Waals surface area contributed by atoms with Crippen LogP contribution in [-0.2, 0) is 6.42 Å². The quantitative estimate of drug-likeness (QED) is 0.580. The topological polar surface area (TPSA) is 63.4 Å². The number of amides is 1. The molecule has 0 aliphatic heterocycles. The van der Waals surface area contributed by atoms with Crippen molar-refractivity contribution in [3.05, 3.63) is 61.3 Å². The van der Waals surface area contributed by atoms with Crippen LogP contribution in [0.1, 0.15) is 28.1 Å². The number of rotatable bonds is 6. The van der Waals surface area contributed by atoms with Crippen LogP contribution < -0.4 is 0 Å². The third kappa shape index (κ3) is 3.71.